The number of hydrogen-bond acceptors (Lipinski definition) is 3. The van der Waals surface area contributed by atoms with Crippen molar-refractivity contribution in [3.63, 3.8) is 0 Å². The third kappa shape index (κ3) is 2.36. The first kappa shape index (κ1) is 11.4. The lowest BCUT2D eigenvalue weighted by atomic mass is 10.2. The van der Waals surface area contributed by atoms with E-state index < -0.39 is 0 Å². The molecule has 84 valence electrons. The van der Waals surface area contributed by atoms with E-state index in [2.05, 4.69) is 16.9 Å². The first-order valence-corrected chi connectivity index (χ1v) is 5.72. The fourth-order valence-corrected chi connectivity index (χ4v) is 1.80. The van der Waals surface area contributed by atoms with Crippen LogP contribution in [0, 0.1) is 0 Å². The Kier molecular flexibility index (Phi) is 3.46. The van der Waals surface area contributed by atoms with E-state index >= 15 is 0 Å². The molecule has 3 nitrogen and oxygen atoms in total. The van der Waals surface area contributed by atoms with Crippen molar-refractivity contribution in [3.05, 3.63) is 28.6 Å². The second-order valence-electron chi connectivity index (χ2n) is 3.31. The van der Waals surface area contributed by atoms with E-state index in [1.54, 1.807) is 0 Å². The molecule has 2 rings (SSSR count). The average Bonchev–Trinajstić information content (AvgIpc) is 2.26. The molecule has 0 aliphatic rings. The number of fused-ring (bicyclic) bond motifs is 1. The summed E-state index contributed by atoms with van der Waals surface area (Å²) in [6.45, 7) is 2.73. The van der Waals surface area contributed by atoms with Gasteiger partial charge in [-0.2, -0.15) is 0 Å². The average molecular weight is 257 g/mol. The highest BCUT2D eigenvalue weighted by molar-refractivity contribution is 6.35. The van der Waals surface area contributed by atoms with Crippen LogP contribution in [0.15, 0.2) is 18.2 Å². The van der Waals surface area contributed by atoms with Crippen LogP contribution in [-0.4, -0.2) is 16.6 Å². The topological polar surface area (TPSA) is 35.0 Å². The van der Waals surface area contributed by atoms with Gasteiger partial charge in [0, 0.05) is 5.39 Å². The maximum atomic E-state index is 5.98. The second-order valence-corrected chi connectivity index (χ2v) is 4.01. The molecule has 0 aliphatic carbocycles. The molecule has 0 spiro atoms. The molecule has 16 heavy (non-hydrogen) atoms. The molecular weight excluding hydrogens is 247 g/mol. The van der Waals surface area contributed by atoms with Crippen LogP contribution >= 0.6 is 23.2 Å². The van der Waals surface area contributed by atoms with E-state index in [1.165, 1.54) is 0 Å². The molecule has 0 saturated carbocycles. The van der Waals surface area contributed by atoms with E-state index in [0.29, 0.717) is 17.3 Å². The van der Waals surface area contributed by atoms with Crippen molar-refractivity contribution >= 4 is 34.1 Å². The number of rotatable bonds is 3. The zero-order valence-electron chi connectivity index (χ0n) is 8.70. The molecule has 0 saturated heterocycles. The molecule has 1 heterocycles. The summed E-state index contributed by atoms with van der Waals surface area (Å²) < 4.78 is 5.50. The van der Waals surface area contributed by atoms with Gasteiger partial charge >= 0.3 is 0 Å². The second kappa shape index (κ2) is 4.85. The van der Waals surface area contributed by atoms with Gasteiger partial charge in [-0.25, -0.2) is 9.97 Å². The molecular formula is C11H10Cl2N2O. The molecule has 0 unspecified atom stereocenters. The van der Waals surface area contributed by atoms with E-state index in [1.807, 2.05) is 18.2 Å². The zero-order chi connectivity index (χ0) is 11.5. The number of nitrogens with zero attached hydrogens (tertiary/aromatic N) is 2. The Labute approximate surface area is 103 Å². The molecule has 0 N–H and O–H groups in total. The van der Waals surface area contributed by atoms with Gasteiger partial charge in [0.25, 0.3) is 0 Å². The summed E-state index contributed by atoms with van der Waals surface area (Å²) in [7, 11) is 0. The molecule has 0 aliphatic heterocycles. The predicted molar refractivity (Wildman–Crippen MR) is 65.3 cm³/mol. The first-order chi connectivity index (χ1) is 7.70. The molecule has 0 amide bonds. The summed E-state index contributed by atoms with van der Waals surface area (Å²) in [6.07, 6.45) is 0.961. The number of halogens is 2. The van der Waals surface area contributed by atoms with E-state index in [4.69, 9.17) is 27.9 Å². The van der Waals surface area contributed by atoms with Crippen molar-refractivity contribution in [2.75, 3.05) is 6.61 Å². The van der Waals surface area contributed by atoms with Crippen LogP contribution in [0.1, 0.15) is 13.3 Å². The summed E-state index contributed by atoms with van der Waals surface area (Å²) in [4.78, 5) is 7.96. The minimum Gasteiger partial charge on any atom is -0.494 e. The zero-order valence-corrected chi connectivity index (χ0v) is 10.2. The number of hydrogen-bond donors (Lipinski definition) is 0. The van der Waals surface area contributed by atoms with Gasteiger partial charge < -0.3 is 4.74 Å². The lowest BCUT2D eigenvalue weighted by molar-refractivity contribution is 0.318. The van der Waals surface area contributed by atoms with Crippen LogP contribution in [0.4, 0.5) is 0 Å². The highest BCUT2D eigenvalue weighted by Crippen LogP contribution is 2.26. The van der Waals surface area contributed by atoms with Gasteiger partial charge in [0.1, 0.15) is 10.9 Å². The minimum atomic E-state index is 0.153. The molecule has 0 atom stereocenters. The van der Waals surface area contributed by atoms with Crippen molar-refractivity contribution in [2.24, 2.45) is 0 Å². The summed E-state index contributed by atoms with van der Waals surface area (Å²) in [5, 5.41) is 1.25. The van der Waals surface area contributed by atoms with Crippen LogP contribution in [0.3, 0.4) is 0 Å². The maximum Gasteiger partial charge on any atom is 0.224 e. The normalized spacial score (nSPS) is 10.7. The number of benzene rings is 1. The molecule has 0 fully saturated rings. The SMILES string of the molecule is CCCOc1ccc2nc(Cl)nc(Cl)c2c1. The van der Waals surface area contributed by atoms with Crippen molar-refractivity contribution < 1.29 is 4.74 Å². The standard InChI is InChI=1S/C11H10Cl2N2O/c1-2-5-16-7-3-4-9-8(6-7)10(12)15-11(13)14-9/h3-4,6H,2,5H2,1H3. The van der Waals surface area contributed by atoms with Gasteiger partial charge in [-0.05, 0) is 36.2 Å². The first-order valence-electron chi connectivity index (χ1n) is 4.96. The smallest absolute Gasteiger partial charge is 0.224 e. The fourth-order valence-electron chi connectivity index (χ4n) is 1.35. The third-order valence-corrected chi connectivity index (χ3v) is 2.52. The van der Waals surface area contributed by atoms with E-state index in [0.717, 1.165) is 17.6 Å². The Balaban J connectivity index is 2.45. The van der Waals surface area contributed by atoms with Crippen molar-refractivity contribution in [1.82, 2.24) is 9.97 Å². The molecule has 1 aromatic carbocycles. The number of aromatic nitrogens is 2. The lowest BCUT2D eigenvalue weighted by Crippen LogP contribution is -1.95. The van der Waals surface area contributed by atoms with Crippen LogP contribution in [0.25, 0.3) is 10.9 Å². The van der Waals surface area contributed by atoms with Crippen molar-refractivity contribution in [1.29, 1.82) is 0 Å². The lowest BCUT2D eigenvalue weighted by Gasteiger charge is -2.06. The van der Waals surface area contributed by atoms with Crippen molar-refractivity contribution in [2.45, 2.75) is 13.3 Å². The Morgan fingerprint density at radius 1 is 1.25 bits per heavy atom. The van der Waals surface area contributed by atoms with Gasteiger partial charge in [-0.15, -0.1) is 0 Å². The quantitative estimate of drug-likeness (QED) is 0.620. The Morgan fingerprint density at radius 2 is 2.06 bits per heavy atom. The Morgan fingerprint density at radius 3 is 2.81 bits per heavy atom. The van der Waals surface area contributed by atoms with Crippen LogP contribution < -0.4 is 4.74 Å². The molecule has 1 aromatic heterocycles. The summed E-state index contributed by atoms with van der Waals surface area (Å²) in [6, 6.07) is 5.49. The summed E-state index contributed by atoms with van der Waals surface area (Å²) in [5.74, 6) is 0.766. The van der Waals surface area contributed by atoms with Crippen LogP contribution in [0.5, 0.6) is 5.75 Å². The van der Waals surface area contributed by atoms with Gasteiger partial charge in [0.05, 0.1) is 12.1 Å². The summed E-state index contributed by atoms with van der Waals surface area (Å²) >= 11 is 11.7. The van der Waals surface area contributed by atoms with Crippen LogP contribution in [-0.2, 0) is 0 Å². The van der Waals surface area contributed by atoms with Gasteiger partial charge in [-0.3, -0.25) is 0 Å². The monoisotopic (exact) mass is 256 g/mol. The fraction of sp³-hybridized carbons (Fsp3) is 0.273. The van der Waals surface area contributed by atoms with E-state index in [-0.39, 0.29) is 5.28 Å². The predicted octanol–water partition coefficient (Wildman–Crippen LogP) is 3.73. The maximum absolute atomic E-state index is 5.98. The highest BCUT2D eigenvalue weighted by atomic mass is 35.5. The number of ether oxygens (including phenoxy) is 1. The molecule has 5 heteroatoms. The highest BCUT2D eigenvalue weighted by Gasteiger charge is 2.05. The Hall–Kier alpha value is -1.06. The van der Waals surface area contributed by atoms with Gasteiger partial charge in [-0.1, -0.05) is 18.5 Å². The minimum absolute atomic E-state index is 0.153. The van der Waals surface area contributed by atoms with Gasteiger partial charge in [0.15, 0.2) is 0 Å². The van der Waals surface area contributed by atoms with Crippen molar-refractivity contribution in [3.8, 4) is 5.75 Å². The molecule has 0 bridgehead atoms. The summed E-state index contributed by atoms with van der Waals surface area (Å²) in [5.41, 5.74) is 0.717. The Bertz CT molecular complexity index is 517. The molecule has 0 radical (unpaired) electrons. The van der Waals surface area contributed by atoms with Crippen LogP contribution in [0.2, 0.25) is 10.4 Å². The van der Waals surface area contributed by atoms with Gasteiger partial charge in [0.2, 0.25) is 5.28 Å². The molecule has 2 aromatic rings. The largest absolute Gasteiger partial charge is 0.494 e. The van der Waals surface area contributed by atoms with E-state index in [9.17, 15) is 0 Å². The third-order valence-electron chi connectivity index (χ3n) is 2.07.